The lowest BCUT2D eigenvalue weighted by Gasteiger charge is -2.34. The highest BCUT2D eigenvalue weighted by molar-refractivity contribution is 5.68. The summed E-state index contributed by atoms with van der Waals surface area (Å²) in [5.74, 6) is 0.0294. The minimum Gasteiger partial charge on any atom is -0.508 e. The van der Waals surface area contributed by atoms with Crippen LogP contribution in [0.4, 0.5) is 0 Å². The van der Waals surface area contributed by atoms with Crippen LogP contribution in [0.3, 0.4) is 0 Å². The van der Waals surface area contributed by atoms with E-state index in [1.165, 1.54) is 0 Å². The summed E-state index contributed by atoms with van der Waals surface area (Å²) in [4.78, 5) is 10.7. The molecule has 0 saturated carbocycles. The fourth-order valence-corrected chi connectivity index (χ4v) is 2.02. The first-order valence-electron chi connectivity index (χ1n) is 5.21. The summed E-state index contributed by atoms with van der Waals surface area (Å²) >= 11 is 0. The number of carboxylic acids is 1. The Morgan fingerprint density at radius 3 is 3.00 bits per heavy atom. The van der Waals surface area contributed by atoms with Crippen molar-refractivity contribution in [3.05, 3.63) is 23.8 Å². The molecular formula is C12H14O4. The fourth-order valence-electron chi connectivity index (χ4n) is 2.02. The van der Waals surface area contributed by atoms with Gasteiger partial charge in [0, 0.05) is 0 Å². The maximum Gasteiger partial charge on any atom is 0.307 e. The van der Waals surface area contributed by atoms with Gasteiger partial charge in [-0.25, -0.2) is 0 Å². The highest BCUT2D eigenvalue weighted by atomic mass is 16.5. The SMILES string of the molecule is CC1(CC(=O)O)CCc2cc(O)ccc2O1. The van der Waals surface area contributed by atoms with Crippen molar-refractivity contribution in [3.8, 4) is 11.5 Å². The number of aromatic hydroxyl groups is 1. The molecule has 16 heavy (non-hydrogen) atoms. The van der Waals surface area contributed by atoms with Crippen molar-refractivity contribution >= 4 is 5.97 Å². The van der Waals surface area contributed by atoms with E-state index >= 15 is 0 Å². The second kappa shape index (κ2) is 3.70. The monoisotopic (exact) mass is 222 g/mol. The van der Waals surface area contributed by atoms with Gasteiger partial charge in [0.05, 0.1) is 6.42 Å². The highest BCUT2D eigenvalue weighted by Gasteiger charge is 2.33. The third-order valence-corrected chi connectivity index (χ3v) is 2.85. The van der Waals surface area contributed by atoms with Crippen LogP contribution in [0.25, 0.3) is 0 Å². The molecule has 1 unspecified atom stereocenters. The normalized spacial score (nSPS) is 23.3. The Labute approximate surface area is 93.5 Å². The number of carbonyl (C=O) groups is 1. The standard InChI is InChI=1S/C12H14O4/c1-12(7-11(14)15)5-4-8-6-9(13)2-3-10(8)16-12/h2-3,6,13H,4-5,7H2,1H3,(H,14,15). The van der Waals surface area contributed by atoms with Crippen LogP contribution in [0.15, 0.2) is 18.2 Å². The number of hydrogen-bond donors (Lipinski definition) is 2. The smallest absolute Gasteiger partial charge is 0.307 e. The molecule has 0 saturated heterocycles. The van der Waals surface area contributed by atoms with E-state index in [-0.39, 0.29) is 12.2 Å². The van der Waals surface area contributed by atoms with Crippen molar-refractivity contribution in [1.82, 2.24) is 0 Å². The maximum absolute atomic E-state index is 10.7. The number of phenolic OH excluding ortho intramolecular Hbond substituents is 1. The summed E-state index contributed by atoms with van der Waals surface area (Å²) in [5.41, 5.74) is 0.290. The van der Waals surface area contributed by atoms with Crippen LogP contribution in [-0.4, -0.2) is 21.8 Å². The van der Waals surface area contributed by atoms with E-state index in [0.29, 0.717) is 12.2 Å². The Kier molecular flexibility index (Phi) is 2.50. The van der Waals surface area contributed by atoms with E-state index in [4.69, 9.17) is 9.84 Å². The molecule has 0 spiro atoms. The average Bonchev–Trinajstić information content (AvgIpc) is 2.17. The third kappa shape index (κ3) is 2.10. The van der Waals surface area contributed by atoms with Gasteiger partial charge in [-0.1, -0.05) is 0 Å². The minimum absolute atomic E-state index is 0.00663. The van der Waals surface area contributed by atoms with Gasteiger partial charge in [-0.05, 0) is 43.5 Å². The first kappa shape index (κ1) is 10.8. The topological polar surface area (TPSA) is 66.8 Å². The van der Waals surface area contributed by atoms with E-state index in [1.54, 1.807) is 25.1 Å². The molecule has 1 heterocycles. The summed E-state index contributed by atoms with van der Waals surface area (Å²) in [5, 5.41) is 18.1. The number of aliphatic carboxylic acids is 1. The van der Waals surface area contributed by atoms with E-state index in [2.05, 4.69) is 0 Å². The Morgan fingerprint density at radius 1 is 1.56 bits per heavy atom. The zero-order valence-corrected chi connectivity index (χ0v) is 9.06. The molecule has 86 valence electrons. The summed E-state index contributed by atoms with van der Waals surface area (Å²) in [6, 6.07) is 4.89. The molecule has 1 aliphatic heterocycles. The second-order valence-corrected chi connectivity index (χ2v) is 4.41. The quantitative estimate of drug-likeness (QED) is 0.802. The zero-order valence-electron chi connectivity index (χ0n) is 9.06. The molecule has 4 heteroatoms. The van der Waals surface area contributed by atoms with E-state index in [1.807, 2.05) is 0 Å². The van der Waals surface area contributed by atoms with Crippen LogP contribution < -0.4 is 4.74 Å². The summed E-state index contributed by atoms with van der Waals surface area (Å²) in [6.07, 6.45) is 1.37. The molecular weight excluding hydrogens is 208 g/mol. The Morgan fingerprint density at radius 2 is 2.31 bits per heavy atom. The summed E-state index contributed by atoms with van der Waals surface area (Å²) in [7, 11) is 0. The Bertz CT molecular complexity index is 427. The minimum atomic E-state index is -0.857. The van der Waals surface area contributed by atoms with Gasteiger partial charge in [-0.15, -0.1) is 0 Å². The van der Waals surface area contributed by atoms with Crippen molar-refractivity contribution in [2.75, 3.05) is 0 Å². The number of ether oxygens (including phenoxy) is 1. The molecule has 1 aliphatic rings. The van der Waals surface area contributed by atoms with Crippen molar-refractivity contribution in [2.24, 2.45) is 0 Å². The lowest BCUT2D eigenvalue weighted by atomic mass is 9.90. The van der Waals surface area contributed by atoms with Crippen LogP contribution in [-0.2, 0) is 11.2 Å². The predicted molar refractivity (Wildman–Crippen MR) is 57.7 cm³/mol. The van der Waals surface area contributed by atoms with Gasteiger partial charge in [0.15, 0.2) is 0 Å². The zero-order chi connectivity index (χ0) is 11.8. The number of phenols is 1. The highest BCUT2D eigenvalue weighted by Crippen LogP contribution is 2.36. The van der Waals surface area contributed by atoms with E-state index < -0.39 is 11.6 Å². The second-order valence-electron chi connectivity index (χ2n) is 4.41. The molecule has 2 rings (SSSR count). The number of fused-ring (bicyclic) bond motifs is 1. The third-order valence-electron chi connectivity index (χ3n) is 2.85. The molecule has 1 aromatic rings. The number of rotatable bonds is 2. The summed E-state index contributed by atoms with van der Waals surface area (Å²) in [6.45, 7) is 1.80. The van der Waals surface area contributed by atoms with Crippen LogP contribution in [0, 0.1) is 0 Å². The molecule has 0 fully saturated rings. The fraction of sp³-hybridized carbons (Fsp3) is 0.417. The number of aryl methyl sites for hydroxylation is 1. The number of hydrogen-bond acceptors (Lipinski definition) is 3. The molecule has 4 nitrogen and oxygen atoms in total. The molecule has 0 aliphatic carbocycles. The maximum atomic E-state index is 10.7. The molecule has 1 atom stereocenters. The average molecular weight is 222 g/mol. The summed E-state index contributed by atoms with van der Waals surface area (Å²) < 4.78 is 5.69. The van der Waals surface area contributed by atoms with Crippen molar-refractivity contribution in [1.29, 1.82) is 0 Å². The molecule has 0 bridgehead atoms. The Hall–Kier alpha value is -1.71. The van der Waals surface area contributed by atoms with Gasteiger partial charge in [-0.3, -0.25) is 4.79 Å². The van der Waals surface area contributed by atoms with Crippen molar-refractivity contribution in [3.63, 3.8) is 0 Å². The van der Waals surface area contributed by atoms with Crippen LogP contribution in [0.5, 0.6) is 11.5 Å². The largest absolute Gasteiger partial charge is 0.508 e. The molecule has 0 radical (unpaired) electrons. The van der Waals surface area contributed by atoms with Gasteiger partial charge in [0.25, 0.3) is 0 Å². The predicted octanol–water partition coefficient (Wildman–Crippen LogP) is 1.95. The van der Waals surface area contributed by atoms with Crippen LogP contribution in [0.1, 0.15) is 25.3 Å². The molecule has 0 aromatic heterocycles. The van der Waals surface area contributed by atoms with Gasteiger partial charge in [-0.2, -0.15) is 0 Å². The lowest BCUT2D eigenvalue weighted by Crippen LogP contribution is -2.38. The van der Waals surface area contributed by atoms with E-state index in [9.17, 15) is 9.90 Å². The van der Waals surface area contributed by atoms with Gasteiger partial charge in [0.1, 0.15) is 17.1 Å². The van der Waals surface area contributed by atoms with Crippen LogP contribution >= 0.6 is 0 Å². The van der Waals surface area contributed by atoms with Gasteiger partial charge < -0.3 is 14.9 Å². The van der Waals surface area contributed by atoms with Gasteiger partial charge >= 0.3 is 5.97 Å². The van der Waals surface area contributed by atoms with Crippen molar-refractivity contribution < 1.29 is 19.7 Å². The molecule has 2 N–H and O–H groups in total. The Balaban J connectivity index is 2.23. The van der Waals surface area contributed by atoms with Crippen molar-refractivity contribution in [2.45, 2.75) is 31.8 Å². The number of carboxylic acid groups (broad SMARTS) is 1. The molecule has 1 aromatic carbocycles. The van der Waals surface area contributed by atoms with Gasteiger partial charge in [0.2, 0.25) is 0 Å². The van der Waals surface area contributed by atoms with E-state index in [0.717, 1.165) is 12.0 Å². The number of benzene rings is 1. The first-order chi connectivity index (χ1) is 7.48. The lowest BCUT2D eigenvalue weighted by molar-refractivity contribution is -0.141. The molecule has 0 amide bonds. The van der Waals surface area contributed by atoms with Crippen LogP contribution in [0.2, 0.25) is 0 Å². The first-order valence-corrected chi connectivity index (χ1v) is 5.21.